The summed E-state index contributed by atoms with van der Waals surface area (Å²) in [6.45, 7) is 4.22. The van der Waals surface area contributed by atoms with Crippen LogP contribution in [0.1, 0.15) is 54.1 Å². The van der Waals surface area contributed by atoms with Crippen molar-refractivity contribution in [2.24, 2.45) is 11.3 Å². The molecular weight excluding hydrogens is 521 g/mol. The monoisotopic (exact) mass is 551 g/mol. The van der Waals surface area contributed by atoms with Gasteiger partial charge in [-0.1, -0.05) is 26.0 Å². The van der Waals surface area contributed by atoms with E-state index in [1.807, 2.05) is 0 Å². The lowest BCUT2D eigenvalue weighted by atomic mass is 9.68. The number of rotatable bonds is 5. The Morgan fingerprint density at radius 3 is 2.21 bits per heavy atom. The van der Waals surface area contributed by atoms with Gasteiger partial charge in [-0.05, 0) is 54.7 Å². The fourth-order valence-corrected chi connectivity index (χ4v) is 5.67. The van der Waals surface area contributed by atoms with Gasteiger partial charge in [-0.2, -0.15) is 13.2 Å². The van der Waals surface area contributed by atoms with Gasteiger partial charge in [0.15, 0.2) is 0 Å². The lowest BCUT2D eigenvalue weighted by Crippen LogP contribution is -2.55. The van der Waals surface area contributed by atoms with E-state index in [1.165, 1.54) is 17.0 Å². The van der Waals surface area contributed by atoms with Gasteiger partial charge < -0.3 is 15.1 Å². The summed E-state index contributed by atoms with van der Waals surface area (Å²) in [5, 5.41) is 2.42. The van der Waals surface area contributed by atoms with E-state index in [1.54, 1.807) is 37.9 Å². The summed E-state index contributed by atoms with van der Waals surface area (Å²) in [5.41, 5.74) is -1.90. The van der Waals surface area contributed by atoms with E-state index in [4.69, 9.17) is 0 Å². The van der Waals surface area contributed by atoms with Crippen molar-refractivity contribution in [3.63, 3.8) is 0 Å². The van der Waals surface area contributed by atoms with E-state index < -0.39 is 52.3 Å². The number of nitrogens with zero attached hydrogens (tertiary/aromatic N) is 2. The average Bonchev–Trinajstić information content (AvgIpc) is 3.12. The number of likely N-dealkylation sites (N-methyl/N-ethyl adjacent to an activating group) is 1. The highest BCUT2D eigenvalue weighted by molar-refractivity contribution is 5.98. The minimum Gasteiger partial charge on any atom is -0.345 e. The van der Waals surface area contributed by atoms with Gasteiger partial charge in [-0.25, -0.2) is 8.78 Å². The molecule has 0 saturated carbocycles. The lowest BCUT2D eigenvalue weighted by molar-refractivity contribution is -0.143. The van der Waals surface area contributed by atoms with Crippen LogP contribution in [0.4, 0.5) is 22.0 Å². The number of halogens is 5. The Labute approximate surface area is 223 Å². The minimum atomic E-state index is -4.77. The molecule has 0 aliphatic carbocycles. The molecule has 2 aliphatic rings. The number of hydrogen-bond donors (Lipinski definition) is 1. The first-order valence-corrected chi connectivity index (χ1v) is 12.7. The number of amides is 3. The predicted octanol–water partition coefficient (Wildman–Crippen LogP) is 4.60. The summed E-state index contributed by atoms with van der Waals surface area (Å²) in [7, 11) is 1.71. The summed E-state index contributed by atoms with van der Waals surface area (Å²) >= 11 is 0. The molecule has 6 nitrogen and oxygen atoms in total. The van der Waals surface area contributed by atoms with E-state index in [2.05, 4.69) is 5.32 Å². The molecule has 11 heteroatoms. The van der Waals surface area contributed by atoms with Gasteiger partial charge in [0.1, 0.15) is 17.7 Å². The second-order valence-electron chi connectivity index (χ2n) is 10.7. The highest BCUT2D eigenvalue weighted by Gasteiger charge is 2.55. The third-order valence-corrected chi connectivity index (χ3v) is 7.89. The van der Waals surface area contributed by atoms with Crippen LogP contribution in [-0.2, 0) is 15.8 Å². The average molecular weight is 552 g/mol. The molecule has 1 N–H and O–H groups in total. The number of alkyl halides is 3. The zero-order valence-corrected chi connectivity index (χ0v) is 21.8. The minimum absolute atomic E-state index is 0.0438. The maximum absolute atomic E-state index is 14.3. The van der Waals surface area contributed by atoms with Crippen LogP contribution in [0.2, 0.25) is 0 Å². The third kappa shape index (κ3) is 5.49. The van der Waals surface area contributed by atoms with Gasteiger partial charge in [0, 0.05) is 32.6 Å². The maximum atomic E-state index is 14.3. The van der Waals surface area contributed by atoms with Crippen LogP contribution in [0.3, 0.4) is 0 Å². The molecule has 2 saturated heterocycles. The van der Waals surface area contributed by atoms with Crippen molar-refractivity contribution in [1.82, 2.24) is 15.1 Å². The van der Waals surface area contributed by atoms with Gasteiger partial charge in [0.05, 0.1) is 16.5 Å². The summed E-state index contributed by atoms with van der Waals surface area (Å²) in [5.74, 6) is -3.77. The summed E-state index contributed by atoms with van der Waals surface area (Å²) in [6, 6.07) is 6.47. The Bertz CT molecular complexity index is 1250. The molecule has 1 spiro atoms. The van der Waals surface area contributed by atoms with Gasteiger partial charge >= 0.3 is 6.18 Å². The summed E-state index contributed by atoms with van der Waals surface area (Å²) in [6.07, 6.45) is -4.06. The molecule has 3 amide bonds. The third-order valence-electron chi connectivity index (χ3n) is 7.89. The second-order valence-corrected chi connectivity index (χ2v) is 10.7. The zero-order valence-electron chi connectivity index (χ0n) is 21.8. The fraction of sp³-hybridized carbons (Fsp3) is 0.464. The van der Waals surface area contributed by atoms with E-state index in [9.17, 15) is 36.3 Å². The molecule has 2 aliphatic heterocycles. The van der Waals surface area contributed by atoms with Crippen molar-refractivity contribution in [1.29, 1.82) is 0 Å². The number of nitrogens with one attached hydrogen (secondary N) is 1. The van der Waals surface area contributed by atoms with Crippen LogP contribution in [0.15, 0.2) is 42.5 Å². The molecule has 2 atom stereocenters. The first kappa shape index (κ1) is 28.5. The number of hydrogen-bond acceptors (Lipinski definition) is 3. The van der Waals surface area contributed by atoms with Crippen LogP contribution in [0, 0.1) is 23.0 Å². The van der Waals surface area contributed by atoms with Crippen molar-refractivity contribution in [2.45, 2.75) is 44.8 Å². The van der Waals surface area contributed by atoms with Gasteiger partial charge in [-0.3, -0.25) is 14.4 Å². The quantitative estimate of drug-likeness (QED) is 0.553. The number of piperidine rings is 1. The Morgan fingerprint density at radius 1 is 1.03 bits per heavy atom. The molecule has 210 valence electrons. The standard InChI is InChI=1S/C28H30F5N3O3/c1-16(2)23(34-24(37)20-14-18(28(31,32)33)6-9-22(20)30)25(38)36-12-10-27(11-13-36)21(15-35(3)26(27)39)17-4-7-19(29)8-5-17/h4-9,14,16,21,23H,10-13,15H2,1-3H3,(H,34,37)/t21?,23-/m1/s1. The number of carbonyl (C=O) groups is 3. The largest absolute Gasteiger partial charge is 0.416 e. The molecule has 2 fully saturated rings. The molecular formula is C28H30F5N3O3. The second kappa shape index (κ2) is 10.6. The highest BCUT2D eigenvalue weighted by Crippen LogP contribution is 2.50. The predicted molar refractivity (Wildman–Crippen MR) is 133 cm³/mol. The van der Waals surface area contributed by atoms with Crippen molar-refractivity contribution in [3.05, 3.63) is 70.8 Å². The normalized spacial score (nSPS) is 20.0. The molecule has 2 heterocycles. The first-order chi connectivity index (χ1) is 18.2. The summed E-state index contributed by atoms with van der Waals surface area (Å²) in [4.78, 5) is 42.7. The van der Waals surface area contributed by atoms with Gasteiger partial charge in [0.2, 0.25) is 11.8 Å². The van der Waals surface area contributed by atoms with E-state index in [-0.39, 0.29) is 30.7 Å². The molecule has 2 aromatic carbocycles. The molecule has 2 aromatic rings. The summed E-state index contributed by atoms with van der Waals surface area (Å²) < 4.78 is 67.1. The SMILES string of the molecule is CC(C)[C@@H](NC(=O)c1cc(C(F)(F)F)ccc1F)C(=O)N1CCC2(CC1)C(=O)N(C)CC2c1ccc(F)cc1. The molecule has 0 bridgehead atoms. The van der Waals surface area contributed by atoms with Crippen LogP contribution < -0.4 is 5.32 Å². The zero-order chi connectivity index (χ0) is 28.7. The Hall–Kier alpha value is -3.50. The first-order valence-electron chi connectivity index (χ1n) is 12.7. The smallest absolute Gasteiger partial charge is 0.345 e. The molecule has 39 heavy (non-hydrogen) atoms. The van der Waals surface area contributed by atoms with E-state index in [0.29, 0.717) is 37.6 Å². The van der Waals surface area contributed by atoms with Crippen molar-refractivity contribution in [2.75, 3.05) is 26.7 Å². The fourth-order valence-electron chi connectivity index (χ4n) is 5.67. The van der Waals surface area contributed by atoms with Gasteiger partial charge in [0.25, 0.3) is 5.91 Å². The number of carbonyl (C=O) groups excluding carboxylic acids is 3. The Morgan fingerprint density at radius 2 is 1.64 bits per heavy atom. The molecule has 4 rings (SSSR count). The number of benzene rings is 2. The van der Waals surface area contributed by atoms with Crippen molar-refractivity contribution in [3.8, 4) is 0 Å². The lowest BCUT2D eigenvalue weighted by Gasteiger charge is -2.42. The van der Waals surface area contributed by atoms with Crippen molar-refractivity contribution < 1.29 is 36.3 Å². The van der Waals surface area contributed by atoms with Crippen LogP contribution in [0.25, 0.3) is 0 Å². The highest BCUT2D eigenvalue weighted by atomic mass is 19.4. The molecule has 0 radical (unpaired) electrons. The Balaban J connectivity index is 1.50. The maximum Gasteiger partial charge on any atom is 0.416 e. The molecule has 1 unspecified atom stereocenters. The van der Waals surface area contributed by atoms with Crippen LogP contribution in [0.5, 0.6) is 0 Å². The molecule has 0 aromatic heterocycles. The van der Waals surface area contributed by atoms with Gasteiger partial charge in [-0.15, -0.1) is 0 Å². The van der Waals surface area contributed by atoms with E-state index in [0.717, 1.165) is 5.56 Å². The number of likely N-dealkylation sites (tertiary alicyclic amines) is 2. The van der Waals surface area contributed by atoms with Crippen LogP contribution >= 0.6 is 0 Å². The topological polar surface area (TPSA) is 69.7 Å². The van der Waals surface area contributed by atoms with E-state index >= 15 is 0 Å². The van der Waals surface area contributed by atoms with Crippen LogP contribution in [-0.4, -0.2) is 60.2 Å². The Kier molecular flexibility index (Phi) is 7.73. The van der Waals surface area contributed by atoms with Crippen molar-refractivity contribution >= 4 is 17.7 Å².